The number of carbonyl (C=O) groups excluding carboxylic acids is 1. The molecule has 0 spiro atoms. The van der Waals surface area contributed by atoms with Crippen LogP contribution in [0.1, 0.15) is 28.9 Å². The van der Waals surface area contributed by atoms with Crippen molar-refractivity contribution in [2.45, 2.75) is 19.8 Å². The van der Waals surface area contributed by atoms with Gasteiger partial charge < -0.3 is 10.2 Å². The minimum absolute atomic E-state index is 0.106. The van der Waals surface area contributed by atoms with E-state index in [0.29, 0.717) is 29.7 Å². The zero-order valence-corrected chi connectivity index (χ0v) is 16.7. The third-order valence-corrected chi connectivity index (χ3v) is 5.32. The lowest BCUT2D eigenvalue weighted by Gasteiger charge is -2.29. The maximum Gasteiger partial charge on any atom is 0.254 e. The third-order valence-electron chi connectivity index (χ3n) is 5.32. The highest BCUT2D eigenvalue weighted by atomic mass is 16.1. The van der Waals surface area contributed by atoms with Crippen LogP contribution in [0.4, 0.5) is 0 Å². The first-order valence-corrected chi connectivity index (χ1v) is 9.87. The molecule has 3 aromatic heterocycles. The van der Waals surface area contributed by atoms with Crippen molar-refractivity contribution in [2.24, 2.45) is 5.92 Å². The monoisotopic (exact) mass is 391 g/mol. The van der Waals surface area contributed by atoms with Crippen molar-refractivity contribution in [1.29, 1.82) is 0 Å². The Balaban J connectivity index is 1.49. The molecule has 0 saturated carbocycles. The van der Waals surface area contributed by atoms with Gasteiger partial charge in [-0.05, 0) is 57.5 Å². The Morgan fingerprint density at radius 1 is 1.28 bits per heavy atom. The quantitative estimate of drug-likeness (QED) is 0.717. The van der Waals surface area contributed by atoms with Gasteiger partial charge in [-0.25, -0.2) is 14.6 Å². The van der Waals surface area contributed by atoms with E-state index in [1.54, 1.807) is 29.5 Å². The molecule has 1 fully saturated rings. The topological polar surface area (TPSA) is 88.8 Å². The number of nitrogens with zero attached hydrogens (tertiary/aromatic N) is 6. The van der Waals surface area contributed by atoms with Crippen molar-refractivity contribution >= 4 is 5.91 Å². The van der Waals surface area contributed by atoms with Gasteiger partial charge in [-0.15, -0.1) is 0 Å². The maximum absolute atomic E-state index is 12.7. The number of rotatable bonds is 5. The SMILES string of the molecule is Cc1c(C(=O)NCC2CCCN(C)C2)cnn1-c1nccc(-c2cccnc2)n1. The Labute approximate surface area is 170 Å². The van der Waals surface area contributed by atoms with Gasteiger partial charge in [-0.1, -0.05) is 0 Å². The van der Waals surface area contributed by atoms with Gasteiger partial charge in [0, 0.05) is 37.2 Å². The first kappa shape index (κ1) is 19.2. The van der Waals surface area contributed by atoms with Crippen LogP contribution < -0.4 is 5.32 Å². The second-order valence-corrected chi connectivity index (χ2v) is 7.52. The third kappa shape index (κ3) is 4.32. The van der Waals surface area contributed by atoms with Crippen molar-refractivity contribution in [3.05, 3.63) is 54.2 Å². The molecule has 1 amide bonds. The molecule has 0 aromatic carbocycles. The Morgan fingerprint density at radius 2 is 2.17 bits per heavy atom. The van der Waals surface area contributed by atoms with Crippen molar-refractivity contribution in [2.75, 3.05) is 26.7 Å². The van der Waals surface area contributed by atoms with Crippen molar-refractivity contribution in [1.82, 2.24) is 34.9 Å². The van der Waals surface area contributed by atoms with Crippen LogP contribution >= 0.6 is 0 Å². The zero-order chi connectivity index (χ0) is 20.2. The molecule has 3 aromatic rings. The predicted molar refractivity (Wildman–Crippen MR) is 110 cm³/mol. The molecule has 8 heteroatoms. The largest absolute Gasteiger partial charge is 0.352 e. The summed E-state index contributed by atoms with van der Waals surface area (Å²) in [6.45, 7) is 4.69. The molecule has 8 nitrogen and oxygen atoms in total. The fourth-order valence-electron chi connectivity index (χ4n) is 3.73. The summed E-state index contributed by atoms with van der Waals surface area (Å²) in [7, 11) is 2.13. The summed E-state index contributed by atoms with van der Waals surface area (Å²) in [6, 6.07) is 5.63. The molecule has 150 valence electrons. The van der Waals surface area contributed by atoms with Crippen LogP contribution in [0.25, 0.3) is 17.2 Å². The molecule has 1 unspecified atom stereocenters. The number of amides is 1. The highest BCUT2D eigenvalue weighted by molar-refractivity contribution is 5.95. The standard InChI is InChI=1S/C21H25N7O/c1-15-18(20(29)24-11-16-5-4-10-27(2)14-16)13-25-28(15)21-23-9-7-19(26-21)17-6-3-8-22-12-17/h3,6-9,12-13,16H,4-5,10-11,14H2,1-2H3,(H,24,29). The second kappa shape index (κ2) is 8.48. The maximum atomic E-state index is 12.7. The smallest absolute Gasteiger partial charge is 0.254 e. The highest BCUT2D eigenvalue weighted by Gasteiger charge is 2.20. The lowest BCUT2D eigenvalue weighted by Crippen LogP contribution is -2.39. The van der Waals surface area contributed by atoms with Crippen LogP contribution in [0.15, 0.2) is 43.0 Å². The Kier molecular flexibility index (Phi) is 5.62. The summed E-state index contributed by atoms with van der Waals surface area (Å²) >= 11 is 0. The molecule has 0 bridgehead atoms. The van der Waals surface area contributed by atoms with Crippen molar-refractivity contribution in [3.63, 3.8) is 0 Å². The first-order chi connectivity index (χ1) is 14.1. The van der Waals surface area contributed by atoms with Crippen LogP contribution in [0.5, 0.6) is 0 Å². The minimum Gasteiger partial charge on any atom is -0.352 e. The number of likely N-dealkylation sites (tertiary alicyclic amines) is 1. The first-order valence-electron chi connectivity index (χ1n) is 9.87. The van der Waals surface area contributed by atoms with E-state index in [1.807, 2.05) is 25.1 Å². The minimum atomic E-state index is -0.106. The lowest BCUT2D eigenvalue weighted by atomic mass is 9.98. The molecule has 0 aliphatic carbocycles. The van der Waals surface area contributed by atoms with Crippen LogP contribution in [0.3, 0.4) is 0 Å². The number of nitrogens with one attached hydrogen (secondary N) is 1. The van der Waals surface area contributed by atoms with Crippen molar-refractivity contribution < 1.29 is 4.79 Å². The van der Waals surface area contributed by atoms with E-state index >= 15 is 0 Å². The summed E-state index contributed by atoms with van der Waals surface area (Å²) < 4.78 is 1.60. The fourth-order valence-corrected chi connectivity index (χ4v) is 3.73. The van der Waals surface area contributed by atoms with Crippen LogP contribution in [0, 0.1) is 12.8 Å². The number of hydrogen-bond acceptors (Lipinski definition) is 6. The lowest BCUT2D eigenvalue weighted by molar-refractivity contribution is 0.0936. The number of pyridine rings is 1. The molecule has 1 aliphatic heterocycles. The molecule has 4 rings (SSSR count). The fraction of sp³-hybridized carbons (Fsp3) is 0.381. The van der Waals surface area contributed by atoms with Gasteiger partial charge in [-0.2, -0.15) is 5.10 Å². The Morgan fingerprint density at radius 3 is 2.97 bits per heavy atom. The molecule has 4 heterocycles. The predicted octanol–water partition coefficient (Wildman–Crippen LogP) is 2.10. The summed E-state index contributed by atoms with van der Waals surface area (Å²) in [6.07, 6.45) is 9.07. The number of hydrogen-bond donors (Lipinski definition) is 1. The van der Waals surface area contributed by atoms with E-state index in [0.717, 1.165) is 30.8 Å². The average Bonchev–Trinajstić information content (AvgIpc) is 3.14. The summed E-state index contributed by atoms with van der Waals surface area (Å²) in [5.41, 5.74) is 2.91. The molecule has 29 heavy (non-hydrogen) atoms. The summed E-state index contributed by atoms with van der Waals surface area (Å²) in [4.78, 5) is 28.1. The van der Waals surface area contributed by atoms with Gasteiger partial charge in [0.1, 0.15) is 0 Å². The molecule has 1 atom stereocenters. The molecular formula is C21H25N7O. The van der Waals surface area contributed by atoms with E-state index in [4.69, 9.17) is 0 Å². The van der Waals surface area contributed by atoms with Gasteiger partial charge in [0.2, 0.25) is 0 Å². The van der Waals surface area contributed by atoms with E-state index in [2.05, 4.69) is 37.3 Å². The van der Waals surface area contributed by atoms with Crippen molar-refractivity contribution in [3.8, 4) is 17.2 Å². The molecule has 0 radical (unpaired) electrons. The van der Waals surface area contributed by atoms with E-state index in [-0.39, 0.29) is 5.91 Å². The van der Waals surface area contributed by atoms with Gasteiger partial charge in [0.05, 0.1) is 23.1 Å². The molecule has 1 N–H and O–H groups in total. The van der Waals surface area contributed by atoms with E-state index in [9.17, 15) is 4.79 Å². The Hall–Kier alpha value is -3.13. The molecule has 1 aliphatic rings. The van der Waals surface area contributed by atoms with Crippen LogP contribution in [-0.4, -0.2) is 62.2 Å². The van der Waals surface area contributed by atoms with Gasteiger partial charge in [0.15, 0.2) is 0 Å². The van der Waals surface area contributed by atoms with Gasteiger partial charge in [0.25, 0.3) is 11.9 Å². The summed E-state index contributed by atoms with van der Waals surface area (Å²) in [5, 5.41) is 7.42. The Bertz CT molecular complexity index is 986. The normalized spacial score (nSPS) is 17.2. The number of aromatic nitrogens is 5. The van der Waals surface area contributed by atoms with Crippen LogP contribution in [-0.2, 0) is 0 Å². The van der Waals surface area contributed by atoms with E-state index < -0.39 is 0 Å². The molecular weight excluding hydrogens is 366 g/mol. The summed E-state index contributed by atoms with van der Waals surface area (Å²) in [5.74, 6) is 0.815. The zero-order valence-electron chi connectivity index (χ0n) is 16.7. The second-order valence-electron chi connectivity index (χ2n) is 7.52. The average molecular weight is 391 g/mol. The van der Waals surface area contributed by atoms with Crippen LogP contribution in [0.2, 0.25) is 0 Å². The number of piperidine rings is 1. The number of carbonyl (C=O) groups is 1. The van der Waals surface area contributed by atoms with Gasteiger partial charge in [-0.3, -0.25) is 9.78 Å². The van der Waals surface area contributed by atoms with E-state index in [1.165, 1.54) is 6.42 Å². The molecule has 1 saturated heterocycles. The highest BCUT2D eigenvalue weighted by Crippen LogP contribution is 2.18. The van der Waals surface area contributed by atoms with Gasteiger partial charge >= 0.3 is 0 Å².